The van der Waals surface area contributed by atoms with E-state index < -0.39 is 11.9 Å². The molecule has 4 aromatic carbocycles. The molecule has 0 bridgehead atoms. The highest BCUT2D eigenvalue weighted by molar-refractivity contribution is 6.31. The minimum atomic E-state index is -0.648. The van der Waals surface area contributed by atoms with Crippen LogP contribution in [0.15, 0.2) is 146 Å². The summed E-state index contributed by atoms with van der Waals surface area (Å²) in [7, 11) is 0. The second-order valence-electron chi connectivity index (χ2n) is 11.7. The Hall–Kier alpha value is -6.66. The van der Waals surface area contributed by atoms with Crippen LogP contribution in [0, 0.1) is 0 Å². The molecule has 6 aromatic rings. The fraction of sp³-hybridized carbons (Fsp3) is 0.0909. The molecule has 57 heavy (non-hydrogen) atoms. The van der Waals surface area contributed by atoms with Gasteiger partial charge in [-0.15, -0.1) is 0 Å². The Bertz CT molecular complexity index is 2290. The second kappa shape index (κ2) is 22.0. The number of amides is 1. The molecule has 290 valence electrons. The molecule has 0 aliphatic carbocycles. The molecule has 0 saturated carbocycles. The number of pyridine rings is 2. The van der Waals surface area contributed by atoms with Gasteiger partial charge in [-0.3, -0.25) is 20.0 Å². The minimum absolute atomic E-state index is 0.316. The van der Waals surface area contributed by atoms with Crippen molar-refractivity contribution in [3.8, 4) is 34.5 Å². The molecule has 0 spiro atoms. The molecule has 0 aliphatic rings. The summed E-state index contributed by atoms with van der Waals surface area (Å²) in [5, 5.41) is 9.75. The molecule has 1 amide bonds. The van der Waals surface area contributed by atoms with Gasteiger partial charge in [0.1, 0.15) is 47.7 Å². The van der Waals surface area contributed by atoms with Crippen molar-refractivity contribution in [2.75, 3.05) is 6.61 Å². The molecule has 0 aliphatic heterocycles. The zero-order valence-corrected chi connectivity index (χ0v) is 32.1. The molecule has 0 saturated heterocycles. The van der Waals surface area contributed by atoms with Gasteiger partial charge >= 0.3 is 5.97 Å². The smallest absolute Gasteiger partial charge is 0.330 e. The molecular formula is C44H37Cl2N3O8. The van der Waals surface area contributed by atoms with E-state index in [9.17, 15) is 9.59 Å². The van der Waals surface area contributed by atoms with Crippen LogP contribution in [0.3, 0.4) is 0 Å². The largest absolute Gasteiger partial charge is 0.489 e. The molecule has 0 fully saturated rings. The molecule has 13 heteroatoms. The molecule has 11 nitrogen and oxygen atoms in total. The van der Waals surface area contributed by atoms with E-state index in [2.05, 4.69) is 9.97 Å². The maximum Gasteiger partial charge on any atom is 0.330 e. The van der Waals surface area contributed by atoms with Gasteiger partial charge in [0, 0.05) is 81.4 Å². The Kier molecular flexibility index (Phi) is 16.0. The quantitative estimate of drug-likeness (QED) is 0.0446. The van der Waals surface area contributed by atoms with Crippen LogP contribution in [0.25, 0.3) is 12.2 Å². The standard InChI is InChI=1S/C23H20ClNO4.C21H17ClN2O4/c1-2-27-23(26)11-9-18-8-10-20(28-16-17-5-4-12-25-15-17)14-22(18)29-21-7-3-6-19(24)13-21;22-17-4-1-5-19(11-17)28-20-12-18(27-14-15-3-2-10-23-13-15)8-6-16(20)7-9-21(25)24-26/h3-15H,2,16H2,1H3;1-13,26H,14H2,(H,24,25)/b11-9+;9-7+. The SMILES string of the molecule is CCOC(=O)/C=C/c1ccc(OCc2cccnc2)cc1Oc1cccc(Cl)c1.O=C(/C=C/c1ccc(OCc2cccnc2)cc1Oc1cccc(Cl)c1)NO. The minimum Gasteiger partial charge on any atom is -0.489 e. The summed E-state index contributed by atoms with van der Waals surface area (Å²) in [5.74, 6) is 2.25. The lowest BCUT2D eigenvalue weighted by Gasteiger charge is -2.12. The zero-order valence-electron chi connectivity index (χ0n) is 30.6. The average Bonchev–Trinajstić information content (AvgIpc) is 3.22. The van der Waals surface area contributed by atoms with Crippen molar-refractivity contribution in [1.29, 1.82) is 0 Å². The first-order chi connectivity index (χ1) is 27.8. The van der Waals surface area contributed by atoms with E-state index in [1.807, 2.05) is 36.4 Å². The molecule has 2 heterocycles. The number of halogens is 2. The average molecular weight is 807 g/mol. The van der Waals surface area contributed by atoms with Crippen molar-refractivity contribution in [2.45, 2.75) is 20.1 Å². The number of rotatable bonds is 15. The molecule has 2 aromatic heterocycles. The van der Waals surface area contributed by atoms with E-state index in [0.29, 0.717) is 75.5 Å². The number of hydrogen-bond donors (Lipinski definition) is 2. The number of esters is 1. The number of benzene rings is 4. The number of nitrogens with zero attached hydrogens (tertiary/aromatic N) is 2. The number of aromatic nitrogens is 2. The van der Waals surface area contributed by atoms with E-state index in [-0.39, 0.29) is 0 Å². The van der Waals surface area contributed by atoms with Crippen LogP contribution in [0.1, 0.15) is 29.2 Å². The number of ether oxygens (including phenoxy) is 5. The van der Waals surface area contributed by atoms with Crippen LogP contribution in [0.2, 0.25) is 10.0 Å². The van der Waals surface area contributed by atoms with Crippen molar-refractivity contribution in [3.63, 3.8) is 0 Å². The van der Waals surface area contributed by atoms with Gasteiger partial charge in [-0.1, -0.05) is 47.5 Å². The highest BCUT2D eigenvalue weighted by atomic mass is 35.5. The number of carbonyl (C=O) groups is 2. The first-order valence-corrected chi connectivity index (χ1v) is 18.2. The predicted molar refractivity (Wildman–Crippen MR) is 218 cm³/mol. The highest BCUT2D eigenvalue weighted by Crippen LogP contribution is 2.33. The van der Waals surface area contributed by atoms with E-state index in [1.54, 1.807) is 116 Å². The first kappa shape index (κ1) is 41.5. The fourth-order valence-electron chi connectivity index (χ4n) is 4.83. The Morgan fingerprint density at radius 2 is 1.16 bits per heavy atom. The summed E-state index contributed by atoms with van der Waals surface area (Å²) in [6.45, 7) is 2.80. The number of carbonyl (C=O) groups excluding carboxylic acids is 2. The fourth-order valence-corrected chi connectivity index (χ4v) is 5.19. The summed E-state index contributed by atoms with van der Waals surface area (Å²) in [6.07, 6.45) is 12.6. The summed E-state index contributed by atoms with van der Waals surface area (Å²) in [5.41, 5.74) is 4.76. The van der Waals surface area contributed by atoms with E-state index >= 15 is 0 Å². The van der Waals surface area contributed by atoms with Crippen LogP contribution in [-0.2, 0) is 27.5 Å². The summed E-state index contributed by atoms with van der Waals surface area (Å²) < 4.78 is 28.5. The van der Waals surface area contributed by atoms with Crippen molar-refractivity contribution in [3.05, 3.63) is 178 Å². The second-order valence-corrected chi connectivity index (χ2v) is 12.6. The Morgan fingerprint density at radius 1 is 0.649 bits per heavy atom. The number of nitrogens with one attached hydrogen (secondary N) is 1. The third kappa shape index (κ3) is 14.2. The third-order valence-corrected chi connectivity index (χ3v) is 7.95. The molecule has 0 radical (unpaired) electrons. The van der Waals surface area contributed by atoms with Gasteiger partial charge in [-0.05, 0) is 91.9 Å². The maximum atomic E-state index is 11.7. The van der Waals surface area contributed by atoms with E-state index in [4.69, 9.17) is 52.1 Å². The van der Waals surface area contributed by atoms with Gasteiger partial charge in [0.05, 0.1) is 6.61 Å². The summed E-state index contributed by atoms with van der Waals surface area (Å²) >= 11 is 12.1. The number of hydrogen-bond acceptors (Lipinski definition) is 10. The molecule has 6 rings (SSSR count). The van der Waals surface area contributed by atoms with Crippen molar-refractivity contribution in [1.82, 2.24) is 15.4 Å². The molecule has 2 N–H and O–H groups in total. The third-order valence-electron chi connectivity index (χ3n) is 7.48. The summed E-state index contributed by atoms with van der Waals surface area (Å²) in [6, 6.07) is 32.2. The Labute approximate surface area is 339 Å². The van der Waals surface area contributed by atoms with E-state index in [0.717, 1.165) is 11.1 Å². The van der Waals surface area contributed by atoms with Crippen LogP contribution in [-0.4, -0.2) is 33.7 Å². The zero-order chi connectivity index (χ0) is 40.2. The van der Waals surface area contributed by atoms with Gasteiger partial charge < -0.3 is 23.7 Å². The van der Waals surface area contributed by atoms with Crippen molar-refractivity contribution >= 4 is 47.2 Å². The Balaban J connectivity index is 0.000000218. The molecule has 0 atom stereocenters. The lowest BCUT2D eigenvalue weighted by atomic mass is 10.1. The van der Waals surface area contributed by atoms with Crippen LogP contribution >= 0.6 is 23.2 Å². The summed E-state index contributed by atoms with van der Waals surface area (Å²) in [4.78, 5) is 31.1. The van der Waals surface area contributed by atoms with Crippen LogP contribution < -0.4 is 24.4 Å². The Morgan fingerprint density at radius 3 is 1.60 bits per heavy atom. The molecule has 0 unspecified atom stereocenters. The van der Waals surface area contributed by atoms with Crippen LogP contribution in [0.5, 0.6) is 34.5 Å². The van der Waals surface area contributed by atoms with Crippen molar-refractivity contribution < 1.29 is 38.5 Å². The highest BCUT2D eigenvalue weighted by Gasteiger charge is 2.10. The van der Waals surface area contributed by atoms with E-state index in [1.165, 1.54) is 18.2 Å². The van der Waals surface area contributed by atoms with Gasteiger partial charge in [-0.2, -0.15) is 0 Å². The topological polar surface area (TPSA) is 138 Å². The monoisotopic (exact) mass is 805 g/mol. The van der Waals surface area contributed by atoms with Crippen LogP contribution in [0.4, 0.5) is 0 Å². The number of hydroxylamine groups is 1. The lowest BCUT2D eigenvalue weighted by Crippen LogP contribution is -2.14. The first-order valence-electron chi connectivity index (χ1n) is 17.4. The van der Waals surface area contributed by atoms with Gasteiger partial charge in [0.15, 0.2) is 0 Å². The van der Waals surface area contributed by atoms with Gasteiger partial charge in [0.2, 0.25) is 0 Å². The van der Waals surface area contributed by atoms with Crippen molar-refractivity contribution in [2.24, 2.45) is 0 Å². The van der Waals surface area contributed by atoms with Gasteiger partial charge in [-0.25, -0.2) is 10.3 Å². The molecular weight excluding hydrogens is 769 g/mol. The normalized spacial score (nSPS) is 10.7. The van der Waals surface area contributed by atoms with Gasteiger partial charge in [0.25, 0.3) is 5.91 Å². The predicted octanol–water partition coefficient (Wildman–Crippen LogP) is 10.3. The maximum absolute atomic E-state index is 11.7. The lowest BCUT2D eigenvalue weighted by molar-refractivity contribution is -0.137.